The molecule has 1 heterocycles. The maximum Gasteiger partial charge on any atom is 0.315 e. The number of nitrogens with two attached hydrogens (primary N) is 1. The molecule has 11 nitrogen and oxygen atoms in total. The van der Waals surface area contributed by atoms with E-state index in [0.29, 0.717) is 19.6 Å². The molecule has 1 saturated heterocycles. The summed E-state index contributed by atoms with van der Waals surface area (Å²) in [6, 6.07) is 6.43. The molecule has 0 radical (unpaired) electrons. The van der Waals surface area contributed by atoms with Crippen molar-refractivity contribution in [3.63, 3.8) is 0 Å². The maximum atomic E-state index is 14.2. The van der Waals surface area contributed by atoms with E-state index in [0.717, 1.165) is 18.4 Å². The van der Waals surface area contributed by atoms with Crippen molar-refractivity contribution in [3.8, 4) is 0 Å². The predicted octanol–water partition coefficient (Wildman–Crippen LogP) is 2.52. The van der Waals surface area contributed by atoms with Crippen LogP contribution in [-0.4, -0.2) is 71.3 Å². The number of piperidine rings is 1. The molecule has 2 aliphatic carbocycles. The number of nitrogens with zero attached hydrogens (tertiary/aromatic N) is 1. The number of Topliss-reactive ketones (excluding diaryl/α,β-unsaturated/α-hetero) is 1. The summed E-state index contributed by atoms with van der Waals surface area (Å²) in [6.07, 6.45) is 2.21. The minimum Gasteiger partial charge on any atom is -0.374 e. The Bertz CT molecular complexity index is 1270. The number of fused-ring (bicyclic) bond motifs is 1. The first-order chi connectivity index (χ1) is 20.4. The molecular weight excluding hydrogens is 562 g/mol. The summed E-state index contributed by atoms with van der Waals surface area (Å²) in [5.41, 5.74) is 4.74. The molecule has 242 valence electrons. The fraction of sp³-hybridized carbons (Fsp3) is 0.667. The van der Waals surface area contributed by atoms with E-state index < -0.39 is 52.7 Å². The average molecular weight is 612 g/mol. The number of carbonyl (C=O) groups is 5. The third-order valence-corrected chi connectivity index (χ3v) is 9.32. The minimum atomic E-state index is -1.09. The van der Waals surface area contributed by atoms with Crippen molar-refractivity contribution < 1.29 is 28.7 Å². The highest BCUT2D eigenvalue weighted by molar-refractivity contribution is 6.37. The van der Waals surface area contributed by atoms with Crippen LogP contribution >= 0.6 is 0 Å². The molecule has 1 aliphatic heterocycles. The molecule has 5 amide bonds. The van der Waals surface area contributed by atoms with Crippen LogP contribution in [0.3, 0.4) is 0 Å². The van der Waals surface area contributed by atoms with Crippen LogP contribution in [0.5, 0.6) is 0 Å². The lowest BCUT2D eigenvalue weighted by atomic mass is 9.85. The number of carbonyl (C=O) groups excluding carboxylic acids is 5. The van der Waals surface area contributed by atoms with Crippen LogP contribution in [0.1, 0.15) is 73.3 Å². The Balaban J connectivity index is 1.44. The van der Waals surface area contributed by atoms with E-state index in [9.17, 15) is 24.0 Å². The zero-order valence-electron chi connectivity index (χ0n) is 27.1. The van der Waals surface area contributed by atoms with Crippen LogP contribution in [0, 0.1) is 28.6 Å². The molecule has 11 heteroatoms. The van der Waals surface area contributed by atoms with Crippen molar-refractivity contribution in [2.24, 2.45) is 34.3 Å². The number of hydrogen-bond donors (Lipinski definition) is 4. The lowest BCUT2D eigenvalue weighted by Crippen LogP contribution is -2.62. The van der Waals surface area contributed by atoms with Gasteiger partial charge in [-0.2, -0.15) is 0 Å². The van der Waals surface area contributed by atoms with Gasteiger partial charge in [0.2, 0.25) is 17.6 Å². The monoisotopic (exact) mass is 611 g/mol. The number of primary amides is 1. The van der Waals surface area contributed by atoms with Gasteiger partial charge in [-0.25, -0.2) is 4.79 Å². The Morgan fingerprint density at radius 2 is 1.66 bits per heavy atom. The second-order valence-corrected chi connectivity index (χ2v) is 15.1. The number of nitrogens with one attached hydrogen (secondary N) is 3. The second kappa shape index (κ2) is 12.5. The summed E-state index contributed by atoms with van der Waals surface area (Å²) in [5.74, 6) is -2.49. The summed E-state index contributed by atoms with van der Waals surface area (Å²) in [6.45, 7) is 14.4. The van der Waals surface area contributed by atoms with Crippen molar-refractivity contribution in [3.05, 3.63) is 35.9 Å². The Morgan fingerprint density at radius 1 is 1.02 bits per heavy atom. The molecule has 2 saturated carbocycles. The molecule has 0 spiro atoms. The lowest BCUT2D eigenvalue weighted by Gasteiger charge is -2.38. The largest absolute Gasteiger partial charge is 0.374 e. The van der Waals surface area contributed by atoms with E-state index in [1.165, 1.54) is 0 Å². The van der Waals surface area contributed by atoms with Gasteiger partial charge in [-0.05, 0) is 54.4 Å². The molecule has 1 aromatic rings. The van der Waals surface area contributed by atoms with Crippen molar-refractivity contribution in [2.75, 3.05) is 13.2 Å². The van der Waals surface area contributed by atoms with Crippen molar-refractivity contribution in [1.82, 2.24) is 20.9 Å². The van der Waals surface area contributed by atoms with Gasteiger partial charge in [-0.15, -0.1) is 0 Å². The number of hydrogen-bond acceptors (Lipinski definition) is 6. The molecule has 5 N–H and O–H groups in total. The van der Waals surface area contributed by atoms with Gasteiger partial charge in [0.15, 0.2) is 0 Å². The number of ketones is 1. The first-order valence-corrected chi connectivity index (χ1v) is 15.6. The van der Waals surface area contributed by atoms with Crippen LogP contribution in [0.2, 0.25) is 0 Å². The second-order valence-electron chi connectivity index (χ2n) is 15.1. The molecule has 3 fully saturated rings. The third kappa shape index (κ3) is 7.78. The van der Waals surface area contributed by atoms with Crippen LogP contribution in [-0.2, 0) is 30.5 Å². The van der Waals surface area contributed by atoms with Gasteiger partial charge in [0.1, 0.15) is 12.1 Å². The summed E-state index contributed by atoms with van der Waals surface area (Å²) in [7, 11) is 0. The first kappa shape index (κ1) is 33.4. The number of benzene rings is 1. The Morgan fingerprint density at radius 3 is 2.23 bits per heavy atom. The standard InChI is InChI=1S/C33H49N5O6/c1-31(2,3)26(36-30(43)37-32(4,5)18-44-17-20-11-9-8-10-12-20)29(42)38-16-21-23(33(21,6)7)24(38)28(41)35-22(15-19-13-14-19)25(39)27(34)40/h8-12,19,21-24,26H,13-18H2,1-7H3,(H2,34,40)(H,35,41)(H2,36,37,43)/t21?,22?,23?,24-,26+/m0/s1. The summed E-state index contributed by atoms with van der Waals surface area (Å²) < 4.78 is 5.84. The van der Waals surface area contributed by atoms with E-state index in [1.807, 2.05) is 65.0 Å². The van der Waals surface area contributed by atoms with Crippen molar-refractivity contribution in [1.29, 1.82) is 0 Å². The van der Waals surface area contributed by atoms with E-state index in [4.69, 9.17) is 10.5 Å². The van der Waals surface area contributed by atoms with Crippen molar-refractivity contribution in [2.45, 2.75) is 98.0 Å². The van der Waals surface area contributed by atoms with E-state index in [1.54, 1.807) is 4.90 Å². The summed E-state index contributed by atoms with van der Waals surface area (Å²) in [5, 5.41) is 8.57. The van der Waals surface area contributed by atoms with Gasteiger partial charge in [0.05, 0.1) is 24.8 Å². The third-order valence-electron chi connectivity index (χ3n) is 9.32. The normalized spacial score (nSPS) is 23.6. The lowest BCUT2D eigenvalue weighted by molar-refractivity contribution is -0.145. The number of urea groups is 1. The van der Waals surface area contributed by atoms with Crippen LogP contribution < -0.4 is 21.7 Å². The van der Waals surface area contributed by atoms with Gasteiger partial charge >= 0.3 is 6.03 Å². The van der Waals surface area contributed by atoms with E-state index >= 15 is 0 Å². The molecule has 0 bridgehead atoms. The zero-order valence-corrected chi connectivity index (χ0v) is 27.1. The highest BCUT2D eigenvalue weighted by atomic mass is 16.5. The maximum absolute atomic E-state index is 14.2. The van der Waals surface area contributed by atoms with Gasteiger partial charge in [-0.3, -0.25) is 19.2 Å². The summed E-state index contributed by atoms with van der Waals surface area (Å²) in [4.78, 5) is 67.0. The Hall–Kier alpha value is -3.47. The molecular formula is C33H49N5O6. The molecule has 3 aliphatic rings. The van der Waals surface area contributed by atoms with Crippen LogP contribution in [0.25, 0.3) is 0 Å². The smallest absolute Gasteiger partial charge is 0.315 e. The molecule has 3 unspecified atom stereocenters. The molecule has 0 aromatic heterocycles. The fourth-order valence-corrected chi connectivity index (χ4v) is 6.48. The Kier molecular flexibility index (Phi) is 9.49. The van der Waals surface area contributed by atoms with Gasteiger partial charge < -0.3 is 31.3 Å². The number of amides is 5. The van der Waals surface area contributed by atoms with Crippen LogP contribution in [0.4, 0.5) is 4.79 Å². The SMILES string of the molecule is CC(C)(COCc1ccccc1)NC(=O)N[C@H](C(=O)N1CC2C([C@H]1C(=O)NC(CC1CC1)C(=O)C(N)=O)C2(C)C)C(C)(C)C. The first-order valence-electron chi connectivity index (χ1n) is 15.6. The molecule has 4 rings (SSSR count). The summed E-state index contributed by atoms with van der Waals surface area (Å²) >= 11 is 0. The number of ether oxygens (including phenoxy) is 1. The van der Waals surface area contributed by atoms with Gasteiger partial charge in [0.25, 0.3) is 5.91 Å². The highest BCUT2D eigenvalue weighted by Crippen LogP contribution is 2.65. The Labute approximate surface area is 260 Å². The van der Waals surface area contributed by atoms with E-state index in [-0.39, 0.29) is 35.7 Å². The molecule has 5 atom stereocenters. The van der Waals surface area contributed by atoms with Gasteiger partial charge in [0, 0.05) is 6.54 Å². The topological polar surface area (TPSA) is 160 Å². The van der Waals surface area contributed by atoms with Crippen LogP contribution in [0.15, 0.2) is 30.3 Å². The van der Waals surface area contributed by atoms with Gasteiger partial charge in [-0.1, -0.05) is 77.8 Å². The van der Waals surface area contributed by atoms with Crippen molar-refractivity contribution >= 4 is 29.5 Å². The minimum absolute atomic E-state index is 0.103. The quantitative estimate of drug-likeness (QED) is 0.251. The highest BCUT2D eigenvalue weighted by Gasteiger charge is 2.70. The predicted molar refractivity (Wildman–Crippen MR) is 165 cm³/mol. The fourth-order valence-electron chi connectivity index (χ4n) is 6.48. The van der Waals surface area contributed by atoms with E-state index in [2.05, 4.69) is 29.8 Å². The molecule has 1 aromatic carbocycles. The molecule has 44 heavy (non-hydrogen) atoms. The zero-order chi connectivity index (χ0) is 32.6. The number of rotatable bonds is 13. The number of likely N-dealkylation sites (tertiary alicyclic amines) is 1. The average Bonchev–Trinajstić information content (AvgIpc) is 3.77.